The lowest BCUT2D eigenvalue weighted by Crippen LogP contribution is -1.99. The molecule has 0 fully saturated rings. The maximum atomic E-state index is 8.37. The summed E-state index contributed by atoms with van der Waals surface area (Å²) in [6.07, 6.45) is 1.20. The highest BCUT2D eigenvalue weighted by atomic mass is 14.9. The lowest BCUT2D eigenvalue weighted by Gasteiger charge is -1.92. The standard InChI is InChI=1S/C6H3N5/c7-1-4-3-10-5(2-8)6(9)11-4/h3H,(H2,9,11). The van der Waals surface area contributed by atoms with Gasteiger partial charge in [0, 0.05) is 0 Å². The van der Waals surface area contributed by atoms with Gasteiger partial charge in [-0.05, 0) is 0 Å². The van der Waals surface area contributed by atoms with Crippen LogP contribution in [0.15, 0.2) is 6.20 Å². The minimum Gasteiger partial charge on any atom is -0.381 e. The Kier molecular flexibility index (Phi) is 1.67. The molecule has 0 aromatic carbocycles. The van der Waals surface area contributed by atoms with E-state index in [9.17, 15) is 0 Å². The maximum absolute atomic E-state index is 8.37. The fourth-order valence-corrected chi connectivity index (χ4v) is 0.543. The summed E-state index contributed by atoms with van der Waals surface area (Å²) >= 11 is 0. The molecule has 0 aliphatic heterocycles. The van der Waals surface area contributed by atoms with Crippen LogP contribution in [0.5, 0.6) is 0 Å². The number of aromatic nitrogens is 2. The molecule has 52 valence electrons. The van der Waals surface area contributed by atoms with Gasteiger partial charge in [0.2, 0.25) is 0 Å². The molecule has 0 saturated carbocycles. The van der Waals surface area contributed by atoms with Crippen LogP contribution in [0.3, 0.4) is 0 Å². The number of nitriles is 2. The van der Waals surface area contributed by atoms with E-state index in [1.54, 1.807) is 12.1 Å². The molecule has 0 atom stereocenters. The summed E-state index contributed by atoms with van der Waals surface area (Å²) in [5, 5.41) is 16.7. The first-order valence-electron chi connectivity index (χ1n) is 2.70. The van der Waals surface area contributed by atoms with Crippen molar-refractivity contribution in [2.45, 2.75) is 0 Å². The van der Waals surface area contributed by atoms with Crippen LogP contribution in [0.1, 0.15) is 11.4 Å². The average Bonchev–Trinajstić information content (AvgIpc) is 2.04. The number of nitrogens with zero attached hydrogens (tertiary/aromatic N) is 4. The maximum Gasteiger partial charge on any atom is 0.182 e. The van der Waals surface area contributed by atoms with Crippen molar-refractivity contribution in [3.8, 4) is 12.1 Å². The Labute approximate surface area is 62.7 Å². The van der Waals surface area contributed by atoms with Crippen molar-refractivity contribution in [1.82, 2.24) is 9.97 Å². The second-order valence-corrected chi connectivity index (χ2v) is 1.71. The van der Waals surface area contributed by atoms with E-state index >= 15 is 0 Å². The molecule has 5 heteroatoms. The van der Waals surface area contributed by atoms with Crippen LogP contribution in [0.25, 0.3) is 0 Å². The van der Waals surface area contributed by atoms with E-state index in [-0.39, 0.29) is 17.2 Å². The topological polar surface area (TPSA) is 99.4 Å². The van der Waals surface area contributed by atoms with Crippen LogP contribution in [0.4, 0.5) is 5.82 Å². The average molecular weight is 145 g/mol. The van der Waals surface area contributed by atoms with E-state index in [2.05, 4.69) is 9.97 Å². The molecule has 0 spiro atoms. The van der Waals surface area contributed by atoms with Gasteiger partial charge in [-0.2, -0.15) is 10.5 Å². The summed E-state index contributed by atoms with van der Waals surface area (Å²) < 4.78 is 0. The summed E-state index contributed by atoms with van der Waals surface area (Å²) in [7, 11) is 0. The van der Waals surface area contributed by atoms with Crippen LogP contribution in [-0.2, 0) is 0 Å². The van der Waals surface area contributed by atoms with Crippen molar-refractivity contribution < 1.29 is 0 Å². The lowest BCUT2D eigenvalue weighted by atomic mass is 10.4. The Bertz CT molecular complexity index is 356. The summed E-state index contributed by atoms with van der Waals surface area (Å²) in [5.41, 5.74) is 5.42. The Morgan fingerprint density at radius 3 is 2.55 bits per heavy atom. The smallest absolute Gasteiger partial charge is 0.182 e. The third-order valence-electron chi connectivity index (χ3n) is 1.02. The van der Waals surface area contributed by atoms with E-state index in [0.717, 1.165) is 0 Å². The highest BCUT2D eigenvalue weighted by molar-refractivity contribution is 5.44. The van der Waals surface area contributed by atoms with Gasteiger partial charge in [-0.1, -0.05) is 0 Å². The summed E-state index contributed by atoms with van der Waals surface area (Å²) in [6.45, 7) is 0. The Balaban J connectivity index is 3.25. The molecular formula is C6H3N5. The van der Waals surface area contributed by atoms with E-state index in [1.165, 1.54) is 6.20 Å². The molecule has 0 radical (unpaired) electrons. The summed E-state index contributed by atoms with van der Waals surface area (Å²) in [4.78, 5) is 7.19. The SMILES string of the molecule is N#Cc1cnc(C#N)c(N)n1. The van der Waals surface area contributed by atoms with Crippen LogP contribution in [-0.4, -0.2) is 9.97 Å². The first-order valence-corrected chi connectivity index (χ1v) is 2.70. The highest BCUT2D eigenvalue weighted by Crippen LogP contribution is 2.02. The van der Waals surface area contributed by atoms with Gasteiger partial charge < -0.3 is 5.73 Å². The van der Waals surface area contributed by atoms with E-state index in [0.29, 0.717) is 0 Å². The number of hydrogen-bond donors (Lipinski definition) is 1. The first kappa shape index (κ1) is 6.97. The minimum atomic E-state index is -0.00782. The molecule has 0 amide bonds. The van der Waals surface area contributed by atoms with Crippen LogP contribution < -0.4 is 5.73 Å². The van der Waals surface area contributed by atoms with Gasteiger partial charge >= 0.3 is 0 Å². The fraction of sp³-hybridized carbons (Fsp3) is 0. The summed E-state index contributed by atoms with van der Waals surface area (Å²) in [6, 6.07) is 3.49. The first-order chi connectivity index (χ1) is 5.27. The monoisotopic (exact) mass is 145 g/mol. The third kappa shape index (κ3) is 1.22. The van der Waals surface area contributed by atoms with E-state index < -0.39 is 0 Å². The number of hydrogen-bond acceptors (Lipinski definition) is 5. The van der Waals surface area contributed by atoms with Gasteiger partial charge in [0.15, 0.2) is 17.2 Å². The van der Waals surface area contributed by atoms with Crippen LogP contribution >= 0.6 is 0 Å². The van der Waals surface area contributed by atoms with Crippen molar-refractivity contribution in [3.05, 3.63) is 17.6 Å². The zero-order valence-corrected chi connectivity index (χ0v) is 5.44. The molecule has 1 aromatic rings. The molecule has 1 rings (SSSR count). The number of nitrogen functional groups attached to an aromatic ring is 1. The predicted octanol–water partition coefficient (Wildman–Crippen LogP) is -0.198. The van der Waals surface area contributed by atoms with Crippen molar-refractivity contribution in [1.29, 1.82) is 10.5 Å². The third-order valence-corrected chi connectivity index (χ3v) is 1.02. The number of rotatable bonds is 0. The normalized spacial score (nSPS) is 8.18. The van der Waals surface area contributed by atoms with Gasteiger partial charge in [-0.15, -0.1) is 0 Å². The number of anilines is 1. The minimum absolute atomic E-state index is 0.00782. The molecule has 0 aliphatic rings. The molecule has 0 aliphatic carbocycles. The Morgan fingerprint density at radius 2 is 2.09 bits per heavy atom. The summed E-state index contributed by atoms with van der Waals surface area (Å²) in [5.74, 6) is -0.00782. The van der Waals surface area contributed by atoms with Crippen LogP contribution in [0, 0.1) is 22.7 Å². The molecule has 0 unspecified atom stereocenters. The molecule has 0 bridgehead atoms. The van der Waals surface area contributed by atoms with E-state index in [1.807, 2.05) is 0 Å². The second kappa shape index (κ2) is 2.63. The Hall–Kier alpha value is -2.14. The fourth-order valence-electron chi connectivity index (χ4n) is 0.543. The molecule has 1 heterocycles. The molecule has 1 aromatic heterocycles. The quantitative estimate of drug-likeness (QED) is 0.545. The predicted molar refractivity (Wildman–Crippen MR) is 35.9 cm³/mol. The van der Waals surface area contributed by atoms with E-state index in [4.69, 9.17) is 16.3 Å². The van der Waals surface area contributed by atoms with Gasteiger partial charge in [0.1, 0.15) is 12.1 Å². The zero-order chi connectivity index (χ0) is 8.27. The highest BCUT2D eigenvalue weighted by Gasteiger charge is 2.01. The Morgan fingerprint density at radius 1 is 1.36 bits per heavy atom. The van der Waals surface area contributed by atoms with Crippen LogP contribution in [0.2, 0.25) is 0 Å². The lowest BCUT2D eigenvalue weighted by molar-refractivity contribution is 1.14. The van der Waals surface area contributed by atoms with Crippen molar-refractivity contribution >= 4 is 5.82 Å². The number of nitrogens with two attached hydrogens (primary N) is 1. The van der Waals surface area contributed by atoms with Gasteiger partial charge in [0.05, 0.1) is 6.20 Å². The van der Waals surface area contributed by atoms with Crippen molar-refractivity contribution in [2.75, 3.05) is 5.73 Å². The second-order valence-electron chi connectivity index (χ2n) is 1.71. The van der Waals surface area contributed by atoms with Crippen molar-refractivity contribution in [3.63, 3.8) is 0 Å². The van der Waals surface area contributed by atoms with Gasteiger partial charge in [0.25, 0.3) is 0 Å². The van der Waals surface area contributed by atoms with Gasteiger partial charge in [-0.25, -0.2) is 9.97 Å². The van der Waals surface area contributed by atoms with Crippen molar-refractivity contribution in [2.24, 2.45) is 0 Å². The zero-order valence-electron chi connectivity index (χ0n) is 5.44. The molecule has 11 heavy (non-hydrogen) atoms. The molecular weight excluding hydrogens is 142 g/mol. The van der Waals surface area contributed by atoms with Gasteiger partial charge in [-0.3, -0.25) is 0 Å². The molecule has 0 saturated heterocycles. The molecule has 2 N–H and O–H groups in total. The largest absolute Gasteiger partial charge is 0.381 e. The molecule has 5 nitrogen and oxygen atoms in total.